The summed E-state index contributed by atoms with van der Waals surface area (Å²) in [6.07, 6.45) is 0. The number of anilines is 2. The van der Waals surface area contributed by atoms with Crippen LogP contribution in [0.25, 0.3) is 0 Å². The third-order valence-corrected chi connectivity index (χ3v) is 5.20. The van der Waals surface area contributed by atoms with Crippen LogP contribution in [0.2, 0.25) is 0 Å². The van der Waals surface area contributed by atoms with Crippen LogP contribution in [-0.4, -0.2) is 9.68 Å². The summed E-state index contributed by atoms with van der Waals surface area (Å²) in [7, 11) is -0.561. The van der Waals surface area contributed by atoms with E-state index in [0.29, 0.717) is 0 Å². The summed E-state index contributed by atoms with van der Waals surface area (Å²) in [5.74, 6) is 0. The number of para-hydroxylation sites is 2. The van der Waals surface area contributed by atoms with Crippen molar-refractivity contribution >= 4 is 26.2 Å². The molecule has 0 aromatic heterocycles. The lowest BCUT2D eigenvalue weighted by molar-refractivity contribution is 1.40. The summed E-state index contributed by atoms with van der Waals surface area (Å²) in [5.41, 5.74) is 2.54. The minimum atomic E-state index is -0.561. The smallest absolute Gasteiger partial charge is 0.161 e. The largest absolute Gasteiger partial charge is 0.370 e. The van der Waals surface area contributed by atoms with E-state index < -0.39 is 9.68 Å². The Morgan fingerprint density at radius 2 is 0.900 bits per heavy atom. The van der Waals surface area contributed by atoms with Crippen LogP contribution in [0.3, 0.4) is 0 Å². The molecule has 2 heteroatoms. The molecule has 0 spiro atoms. The first kappa shape index (κ1) is 12.7. The Hall–Kier alpha value is -2.32. The van der Waals surface area contributed by atoms with Crippen LogP contribution in [0.15, 0.2) is 91.0 Å². The Balaban J connectivity index is 1.96. The Bertz CT molecular complexity index is 599. The molecule has 0 aliphatic rings. The molecule has 20 heavy (non-hydrogen) atoms. The molecule has 0 N–H and O–H groups in total. The molecule has 0 radical (unpaired) electrons. The zero-order valence-electron chi connectivity index (χ0n) is 11.3. The molecule has 98 valence electrons. The fourth-order valence-electron chi connectivity index (χ4n) is 2.31. The highest BCUT2D eigenvalue weighted by molar-refractivity contribution is 6.59. The minimum absolute atomic E-state index is 0.561. The van der Waals surface area contributed by atoms with Crippen molar-refractivity contribution in [1.82, 2.24) is 0 Å². The maximum atomic E-state index is 2.47. The number of nitrogens with zero attached hydrogens (tertiary/aromatic N) is 1. The third-order valence-electron chi connectivity index (χ3n) is 3.32. The van der Waals surface area contributed by atoms with Crippen molar-refractivity contribution in [2.75, 3.05) is 4.57 Å². The summed E-state index contributed by atoms with van der Waals surface area (Å²) in [5, 5.41) is 1.44. The second-order valence-corrected chi connectivity index (χ2v) is 6.51. The van der Waals surface area contributed by atoms with E-state index in [4.69, 9.17) is 0 Å². The minimum Gasteiger partial charge on any atom is -0.370 e. The van der Waals surface area contributed by atoms with E-state index in [2.05, 4.69) is 95.6 Å². The first-order valence-electron chi connectivity index (χ1n) is 6.85. The average molecular weight is 275 g/mol. The molecule has 3 aromatic carbocycles. The lowest BCUT2D eigenvalue weighted by Gasteiger charge is -2.25. The lowest BCUT2D eigenvalue weighted by Crippen LogP contribution is -2.32. The molecule has 3 aromatic rings. The molecule has 0 saturated heterocycles. The molecule has 0 heterocycles. The van der Waals surface area contributed by atoms with Crippen LogP contribution in [0, 0.1) is 0 Å². The van der Waals surface area contributed by atoms with E-state index >= 15 is 0 Å². The van der Waals surface area contributed by atoms with Gasteiger partial charge in [-0.1, -0.05) is 66.7 Å². The van der Waals surface area contributed by atoms with E-state index in [1.165, 1.54) is 16.6 Å². The van der Waals surface area contributed by atoms with Crippen molar-refractivity contribution in [2.24, 2.45) is 0 Å². The maximum Gasteiger partial charge on any atom is 0.161 e. The molecule has 1 nitrogen and oxygen atoms in total. The van der Waals surface area contributed by atoms with Gasteiger partial charge >= 0.3 is 0 Å². The summed E-state index contributed by atoms with van der Waals surface area (Å²) in [6.45, 7) is 0. The van der Waals surface area contributed by atoms with E-state index in [0.717, 1.165) is 0 Å². The summed E-state index contributed by atoms with van der Waals surface area (Å²) >= 11 is 0. The van der Waals surface area contributed by atoms with Crippen molar-refractivity contribution in [3.8, 4) is 0 Å². The standard InChI is InChI=1S/C18H17NSi/c1-4-10-16(11-5-1)19(17-12-6-2-7-13-17)20-18-14-8-3-9-15-18/h1-15H,20H2. The monoisotopic (exact) mass is 275 g/mol. The molecular weight excluding hydrogens is 258 g/mol. The molecular formula is C18H17NSi. The Morgan fingerprint density at radius 1 is 0.500 bits per heavy atom. The molecule has 0 saturated carbocycles. The van der Waals surface area contributed by atoms with E-state index in [-0.39, 0.29) is 0 Å². The van der Waals surface area contributed by atoms with E-state index in [9.17, 15) is 0 Å². The normalized spacial score (nSPS) is 10.8. The van der Waals surface area contributed by atoms with Crippen LogP contribution in [0.1, 0.15) is 0 Å². The predicted octanol–water partition coefficient (Wildman–Crippen LogP) is 3.23. The number of benzene rings is 3. The van der Waals surface area contributed by atoms with Crippen molar-refractivity contribution in [2.45, 2.75) is 0 Å². The molecule has 0 bridgehead atoms. The average Bonchev–Trinajstić information content (AvgIpc) is 2.55. The van der Waals surface area contributed by atoms with Crippen molar-refractivity contribution in [3.05, 3.63) is 91.0 Å². The van der Waals surface area contributed by atoms with Gasteiger partial charge in [0.1, 0.15) is 0 Å². The Labute approximate surface area is 122 Å². The number of hydrogen-bond donors (Lipinski definition) is 0. The summed E-state index contributed by atoms with van der Waals surface area (Å²) < 4.78 is 2.47. The second kappa shape index (κ2) is 6.22. The van der Waals surface area contributed by atoms with Gasteiger partial charge in [0.25, 0.3) is 0 Å². The van der Waals surface area contributed by atoms with Crippen molar-refractivity contribution < 1.29 is 0 Å². The SMILES string of the molecule is c1ccc([SiH2]N(c2ccccc2)c2ccccc2)cc1. The maximum absolute atomic E-state index is 2.47. The Morgan fingerprint density at radius 3 is 1.35 bits per heavy atom. The van der Waals surface area contributed by atoms with Crippen LogP contribution in [0.5, 0.6) is 0 Å². The lowest BCUT2D eigenvalue weighted by atomic mass is 10.3. The molecule has 3 rings (SSSR count). The Kier molecular flexibility index (Phi) is 3.95. The zero-order chi connectivity index (χ0) is 13.6. The number of rotatable bonds is 4. The van der Waals surface area contributed by atoms with Gasteiger partial charge in [-0.15, -0.1) is 0 Å². The first-order chi connectivity index (χ1) is 9.93. The zero-order valence-corrected chi connectivity index (χ0v) is 12.7. The topological polar surface area (TPSA) is 3.24 Å². The predicted molar refractivity (Wildman–Crippen MR) is 89.6 cm³/mol. The summed E-state index contributed by atoms with van der Waals surface area (Å²) in [4.78, 5) is 0. The van der Waals surface area contributed by atoms with Crippen LogP contribution < -0.4 is 9.75 Å². The molecule has 0 unspecified atom stereocenters. The highest BCUT2D eigenvalue weighted by Gasteiger charge is 2.09. The van der Waals surface area contributed by atoms with Crippen molar-refractivity contribution in [3.63, 3.8) is 0 Å². The molecule has 0 fully saturated rings. The highest BCUT2D eigenvalue weighted by atomic mass is 28.2. The first-order valence-corrected chi connectivity index (χ1v) is 8.19. The molecule has 0 amide bonds. The van der Waals surface area contributed by atoms with Gasteiger partial charge in [0.2, 0.25) is 0 Å². The van der Waals surface area contributed by atoms with Gasteiger partial charge in [-0.2, -0.15) is 0 Å². The number of hydrogen-bond acceptors (Lipinski definition) is 1. The van der Waals surface area contributed by atoms with Gasteiger partial charge < -0.3 is 4.57 Å². The van der Waals surface area contributed by atoms with Crippen LogP contribution in [-0.2, 0) is 0 Å². The van der Waals surface area contributed by atoms with Crippen molar-refractivity contribution in [1.29, 1.82) is 0 Å². The molecule has 0 aliphatic heterocycles. The van der Waals surface area contributed by atoms with Gasteiger partial charge in [0.15, 0.2) is 9.68 Å². The highest BCUT2D eigenvalue weighted by Crippen LogP contribution is 2.23. The third kappa shape index (κ3) is 2.98. The van der Waals surface area contributed by atoms with Gasteiger partial charge in [0, 0.05) is 11.4 Å². The van der Waals surface area contributed by atoms with Gasteiger partial charge in [0.05, 0.1) is 0 Å². The van der Waals surface area contributed by atoms with Gasteiger partial charge in [-0.3, -0.25) is 0 Å². The van der Waals surface area contributed by atoms with E-state index in [1.807, 2.05) is 0 Å². The molecule has 0 atom stereocenters. The van der Waals surface area contributed by atoms with Gasteiger partial charge in [-0.25, -0.2) is 0 Å². The fraction of sp³-hybridized carbons (Fsp3) is 0. The van der Waals surface area contributed by atoms with Gasteiger partial charge in [-0.05, 0) is 29.5 Å². The fourth-order valence-corrected chi connectivity index (χ4v) is 3.95. The summed E-state index contributed by atoms with van der Waals surface area (Å²) in [6, 6.07) is 32.0. The van der Waals surface area contributed by atoms with E-state index in [1.54, 1.807) is 0 Å². The second-order valence-electron chi connectivity index (χ2n) is 4.74. The quantitative estimate of drug-likeness (QED) is 0.661. The molecule has 0 aliphatic carbocycles. The van der Waals surface area contributed by atoms with Crippen LogP contribution in [0.4, 0.5) is 11.4 Å². The van der Waals surface area contributed by atoms with Crippen LogP contribution >= 0.6 is 0 Å².